The van der Waals surface area contributed by atoms with Crippen LogP contribution in [0.1, 0.15) is 15.9 Å². The predicted molar refractivity (Wildman–Crippen MR) is 142 cm³/mol. The van der Waals surface area contributed by atoms with E-state index < -0.39 is 34.8 Å². The number of amides is 1. The van der Waals surface area contributed by atoms with Gasteiger partial charge in [-0.05, 0) is 24.3 Å². The van der Waals surface area contributed by atoms with Crippen molar-refractivity contribution in [3.63, 3.8) is 0 Å². The van der Waals surface area contributed by atoms with Crippen molar-refractivity contribution in [3.05, 3.63) is 83.6 Å². The zero-order chi connectivity index (χ0) is 28.7. The quantitative estimate of drug-likeness (QED) is 0.324. The fourth-order valence-electron chi connectivity index (χ4n) is 5.18. The lowest BCUT2D eigenvalue weighted by Gasteiger charge is -2.33. The van der Waals surface area contributed by atoms with Crippen molar-refractivity contribution in [1.29, 1.82) is 0 Å². The largest absolute Gasteiger partial charge is 0.489 e. The molecule has 1 fully saturated rings. The molecule has 2 aliphatic rings. The number of ether oxygens (including phenoxy) is 2. The Kier molecular flexibility index (Phi) is 6.86. The van der Waals surface area contributed by atoms with Gasteiger partial charge < -0.3 is 14.4 Å². The normalized spacial score (nSPS) is 15.4. The fourth-order valence-corrected chi connectivity index (χ4v) is 5.18. The Labute approximate surface area is 231 Å². The lowest BCUT2D eigenvalue weighted by molar-refractivity contribution is -0.140. The van der Waals surface area contributed by atoms with Crippen LogP contribution in [0, 0.1) is 11.6 Å². The number of hydrogen-bond acceptors (Lipinski definition) is 6. The minimum Gasteiger partial charge on any atom is -0.489 e. The zero-order valence-corrected chi connectivity index (χ0v) is 21.5. The summed E-state index contributed by atoms with van der Waals surface area (Å²) >= 11 is 0. The van der Waals surface area contributed by atoms with Gasteiger partial charge in [0.25, 0.3) is 5.91 Å². The predicted octanol–water partition coefficient (Wildman–Crippen LogP) is 5.58. The summed E-state index contributed by atoms with van der Waals surface area (Å²) in [5.74, 6) is -2.70. The fraction of sp³-hybridized carbons (Fsp3) is 0.241. The molecule has 3 heterocycles. The Bertz CT molecular complexity index is 1640. The third-order valence-corrected chi connectivity index (χ3v) is 7.04. The van der Waals surface area contributed by atoms with E-state index in [1.165, 1.54) is 18.3 Å². The Hall–Kier alpha value is -4.45. The van der Waals surface area contributed by atoms with E-state index in [2.05, 4.69) is 10.4 Å². The molecule has 0 aliphatic carbocycles. The summed E-state index contributed by atoms with van der Waals surface area (Å²) in [6.45, 7) is 2.37. The first-order valence-corrected chi connectivity index (χ1v) is 12.8. The second kappa shape index (κ2) is 10.5. The van der Waals surface area contributed by atoms with Crippen molar-refractivity contribution in [2.75, 3.05) is 49.4 Å². The summed E-state index contributed by atoms with van der Waals surface area (Å²) in [4.78, 5) is 20.0. The van der Waals surface area contributed by atoms with Crippen LogP contribution in [0.5, 0.6) is 5.75 Å². The molecule has 0 radical (unpaired) electrons. The number of hydrogen-bond donors (Lipinski definition) is 1. The third kappa shape index (κ3) is 4.99. The number of carbonyl (C=O) groups excluding carboxylic acids is 1. The number of pyridine rings is 1. The molecule has 212 valence electrons. The number of carbonyl (C=O) groups is 1. The molecule has 1 amide bonds. The van der Waals surface area contributed by atoms with Crippen LogP contribution in [0.4, 0.5) is 33.3 Å². The highest BCUT2D eigenvalue weighted by Gasteiger charge is 2.36. The van der Waals surface area contributed by atoms with Gasteiger partial charge in [-0.15, -0.1) is 0 Å². The molecular formula is C29H23F5N4O3. The summed E-state index contributed by atoms with van der Waals surface area (Å²) in [7, 11) is 0. The van der Waals surface area contributed by atoms with E-state index in [9.17, 15) is 22.4 Å². The molecule has 7 nitrogen and oxygen atoms in total. The molecule has 0 bridgehead atoms. The lowest BCUT2D eigenvalue weighted by atomic mass is 9.97. The number of anilines is 2. The third-order valence-electron chi connectivity index (χ3n) is 7.04. The van der Waals surface area contributed by atoms with Crippen LogP contribution >= 0.6 is 0 Å². The zero-order valence-electron chi connectivity index (χ0n) is 21.5. The maximum atomic E-state index is 15.2. The van der Waals surface area contributed by atoms with E-state index in [4.69, 9.17) is 9.47 Å². The monoisotopic (exact) mass is 570 g/mol. The molecule has 0 unspecified atom stereocenters. The number of nitrogens with zero attached hydrogens (tertiary/aromatic N) is 3. The minimum atomic E-state index is -5.10. The molecular weight excluding hydrogens is 547 g/mol. The van der Waals surface area contributed by atoms with E-state index in [1.54, 1.807) is 17.1 Å². The topological polar surface area (TPSA) is 66.9 Å². The summed E-state index contributed by atoms with van der Waals surface area (Å²) < 4.78 is 81.1. The van der Waals surface area contributed by atoms with Gasteiger partial charge in [0.2, 0.25) is 0 Å². The molecule has 4 aromatic rings. The molecule has 3 aromatic carbocycles. The number of morpholine rings is 1. The second-order valence-corrected chi connectivity index (χ2v) is 9.54. The van der Waals surface area contributed by atoms with Gasteiger partial charge in [-0.3, -0.25) is 20.2 Å². The summed E-state index contributed by atoms with van der Waals surface area (Å²) in [6, 6.07) is 12.6. The highest BCUT2D eigenvalue weighted by Crippen LogP contribution is 2.40. The molecule has 2 aliphatic heterocycles. The SMILES string of the molecule is O=C(NN1CCOc2ccccc21)c1cnc2c(-c3cc(F)cc(C(F)(F)F)c3F)cccc2c1N1CCOCC1. The van der Waals surface area contributed by atoms with Crippen LogP contribution < -0.4 is 20.1 Å². The van der Waals surface area contributed by atoms with Gasteiger partial charge in [0, 0.05) is 35.8 Å². The van der Waals surface area contributed by atoms with Gasteiger partial charge in [-0.1, -0.05) is 30.3 Å². The first kappa shape index (κ1) is 26.8. The minimum absolute atomic E-state index is 0.0337. The van der Waals surface area contributed by atoms with Crippen LogP contribution in [-0.2, 0) is 10.9 Å². The number of benzene rings is 3. The maximum absolute atomic E-state index is 15.2. The highest BCUT2D eigenvalue weighted by molar-refractivity contribution is 6.10. The van der Waals surface area contributed by atoms with Crippen LogP contribution in [0.3, 0.4) is 0 Å². The van der Waals surface area contributed by atoms with Crippen molar-refractivity contribution in [2.45, 2.75) is 6.18 Å². The smallest absolute Gasteiger partial charge is 0.419 e. The first-order valence-electron chi connectivity index (χ1n) is 12.8. The average Bonchev–Trinajstić information content (AvgIpc) is 2.97. The van der Waals surface area contributed by atoms with E-state index in [0.717, 1.165) is 0 Å². The number of para-hydroxylation sites is 3. The number of halogens is 5. The number of nitrogens with one attached hydrogen (secondary N) is 1. The summed E-state index contributed by atoms with van der Waals surface area (Å²) in [5, 5.41) is 2.07. The summed E-state index contributed by atoms with van der Waals surface area (Å²) in [6.07, 6.45) is -3.79. The van der Waals surface area contributed by atoms with Crippen molar-refractivity contribution >= 4 is 28.2 Å². The first-order chi connectivity index (χ1) is 19.7. The van der Waals surface area contributed by atoms with Crippen LogP contribution in [0.25, 0.3) is 22.0 Å². The van der Waals surface area contributed by atoms with E-state index in [0.29, 0.717) is 68.0 Å². The molecule has 0 atom stereocenters. The standard InChI is InChI=1S/C29H23F5N4O3/c30-17-14-20(25(31)22(15-17)29(32,33)34)18-4-3-5-19-26(18)35-16-21(27(19)37-8-11-40-12-9-37)28(39)36-38-10-13-41-24-7-2-1-6-23(24)38/h1-7,14-16H,8-13H2,(H,36,39). The van der Waals surface area contributed by atoms with Crippen molar-refractivity contribution < 1.29 is 36.2 Å². The van der Waals surface area contributed by atoms with E-state index >= 15 is 4.39 Å². The Morgan fingerprint density at radius 2 is 1.71 bits per heavy atom. The van der Waals surface area contributed by atoms with Gasteiger partial charge in [-0.25, -0.2) is 8.78 Å². The van der Waals surface area contributed by atoms with Crippen molar-refractivity contribution in [3.8, 4) is 16.9 Å². The van der Waals surface area contributed by atoms with Crippen molar-refractivity contribution in [1.82, 2.24) is 10.4 Å². The van der Waals surface area contributed by atoms with Gasteiger partial charge in [0.1, 0.15) is 24.0 Å². The average molecular weight is 571 g/mol. The summed E-state index contributed by atoms with van der Waals surface area (Å²) in [5.41, 5.74) is 2.06. The van der Waals surface area contributed by atoms with Crippen LogP contribution in [0.2, 0.25) is 0 Å². The molecule has 6 rings (SSSR count). The Balaban J connectivity index is 1.48. The number of alkyl halides is 3. The van der Waals surface area contributed by atoms with E-state index in [-0.39, 0.29) is 22.7 Å². The molecule has 1 aromatic heterocycles. The van der Waals surface area contributed by atoms with Crippen molar-refractivity contribution in [2.24, 2.45) is 0 Å². The number of hydrazine groups is 1. The Morgan fingerprint density at radius 3 is 2.49 bits per heavy atom. The van der Waals surface area contributed by atoms with E-state index in [1.807, 2.05) is 23.1 Å². The molecule has 1 N–H and O–H groups in total. The molecule has 12 heteroatoms. The van der Waals surface area contributed by atoms with Gasteiger partial charge in [0.15, 0.2) is 0 Å². The van der Waals surface area contributed by atoms with Crippen LogP contribution in [0.15, 0.2) is 60.8 Å². The Morgan fingerprint density at radius 1 is 0.927 bits per heavy atom. The highest BCUT2D eigenvalue weighted by atomic mass is 19.4. The number of rotatable bonds is 4. The van der Waals surface area contributed by atoms with Gasteiger partial charge >= 0.3 is 6.18 Å². The van der Waals surface area contributed by atoms with Gasteiger partial charge in [-0.2, -0.15) is 13.2 Å². The number of fused-ring (bicyclic) bond motifs is 2. The molecule has 1 saturated heterocycles. The maximum Gasteiger partial charge on any atom is 0.419 e. The van der Waals surface area contributed by atoms with Gasteiger partial charge in [0.05, 0.1) is 47.8 Å². The molecule has 0 spiro atoms. The number of aromatic nitrogens is 1. The second-order valence-electron chi connectivity index (χ2n) is 9.54. The lowest BCUT2D eigenvalue weighted by Crippen LogP contribution is -2.47. The molecule has 0 saturated carbocycles. The molecule has 41 heavy (non-hydrogen) atoms. The van der Waals surface area contributed by atoms with Crippen LogP contribution in [-0.4, -0.2) is 50.3 Å².